The van der Waals surface area contributed by atoms with Crippen molar-refractivity contribution in [2.24, 2.45) is 5.92 Å². The Kier molecular flexibility index (Phi) is 5.92. The van der Waals surface area contributed by atoms with Crippen molar-refractivity contribution in [1.29, 1.82) is 0 Å². The van der Waals surface area contributed by atoms with Crippen LogP contribution in [0.5, 0.6) is 5.75 Å². The lowest BCUT2D eigenvalue weighted by molar-refractivity contribution is 0.0662. The number of H-pyrrole nitrogens is 1. The van der Waals surface area contributed by atoms with Crippen LogP contribution < -0.4 is 10.1 Å². The number of hydrogen-bond acceptors (Lipinski definition) is 4. The van der Waals surface area contributed by atoms with Gasteiger partial charge in [-0.25, -0.2) is 0 Å². The fraction of sp³-hybridized carbons (Fsp3) is 0.375. The summed E-state index contributed by atoms with van der Waals surface area (Å²) in [5, 5.41) is 12.0. The van der Waals surface area contributed by atoms with E-state index in [9.17, 15) is 4.79 Å². The monoisotopic (exact) mass is 506 g/mol. The number of aromatic amines is 1. The quantitative estimate of drug-likeness (QED) is 0.317. The molecule has 2 aliphatic heterocycles. The van der Waals surface area contributed by atoms with Gasteiger partial charge in [0.1, 0.15) is 11.9 Å². The first kappa shape index (κ1) is 23.5. The van der Waals surface area contributed by atoms with Crippen molar-refractivity contribution in [3.8, 4) is 17.0 Å². The molecule has 3 heterocycles. The van der Waals surface area contributed by atoms with E-state index >= 15 is 0 Å². The van der Waals surface area contributed by atoms with Crippen LogP contribution in [-0.2, 0) is 0 Å². The summed E-state index contributed by atoms with van der Waals surface area (Å²) in [6.45, 7) is 0. The molecule has 7 rings (SSSR count). The molecule has 38 heavy (non-hydrogen) atoms. The Morgan fingerprint density at radius 3 is 2.42 bits per heavy atom. The number of nitrogens with one attached hydrogen (secondary N) is 2. The van der Waals surface area contributed by atoms with Crippen LogP contribution in [0.4, 0.5) is 0 Å². The summed E-state index contributed by atoms with van der Waals surface area (Å²) in [5.74, 6) is 1.38. The Morgan fingerprint density at radius 1 is 0.974 bits per heavy atom. The van der Waals surface area contributed by atoms with E-state index in [-0.39, 0.29) is 18.1 Å². The third-order valence-electron chi connectivity index (χ3n) is 8.85. The molecule has 6 nitrogen and oxygen atoms in total. The van der Waals surface area contributed by atoms with E-state index in [1.54, 1.807) is 0 Å². The minimum Gasteiger partial charge on any atom is -0.490 e. The van der Waals surface area contributed by atoms with E-state index < -0.39 is 0 Å². The number of rotatable bonds is 7. The van der Waals surface area contributed by atoms with Crippen LogP contribution in [0.2, 0.25) is 0 Å². The summed E-state index contributed by atoms with van der Waals surface area (Å²) < 4.78 is 6.38. The normalized spacial score (nSPS) is 23.9. The van der Waals surface area contributed by atoms with Crippen molar-refractivity contribution in [3.63, 3.8) is 0 Å². The van der Waals surface area contributed by atoms with E-state index in [1.165, 1.54) is 18.4 Å². The molecule has 1 aliphatic carbocycles. The molecule has 2 N–H and O–H groups in total. The third kappa shape index (κ3) is 4.47. The SMILES string of the molecule is CN1C2CCC1CC(Oc1ccc(-c3n[nH]c4ccc(C(=O)N[C@H](c5ccccc5)C5CC5)cc34)cc1)C2. The molecule has 3 aromatic carbocycles. The van der Waals surface area contributed by atoms with Gasteiger partial charge in [0.05, 0.1) is 17.3 Å². The molecule has 3 fully saturated rings. The van der Waals surface area contributed by atoms with Crippen molar-refractivity contribution in [3.05, 3.63) is 83.9 Å². The number of aromatic nitrogens is 2. The molecule has 0 spiro atoms. The molecule has 0 radical (unpaired) electrons. The highest BCUT2D eigenvalue weighted by Gasteiger charge is 2.39. The molecule has 3 atom stereocenters. The van der Waals surface area contributed by atoms with Gasteiger partial charge in [-0.15, -0.1) is 0 Å². The first-order valence-electron chi connectivity index (χ1n) is 14.0. The van der Waals surface area contributed by atoms with Gasteiger partial charge in [0.15, 0.2) is 0 Å². The number of benzene rings is 3. The summed E-state index contributed by atoms with van der Waals surface area (Å²) in [6, 6.07) is 25.7. The molecule has 1 aromatic heterocycles. The highest BCUT2D eigenvalue weighted by Crippen LogP contribution is 2.41. The van der Waals surface area contributed by atoms with E-state index in [0.29, 0.717) is 23.6 Å². The van der Waals surface area contributed by atoms with Crippen LogP contribution >= 0.6 is 0 Å². The van der Waals surface area contributed by atoms with Gasteiger partial charge < -0.3 is 15.0 Å². The predicted octanol–water partition coefficient (Wildman–Crippen LogP) is 6.12. The zero-order chi connectivity index (χ0) is 25.6. The third-order valence-corrected chi connectivity index (χ3v) is 8.85. The number of carbonyl (C=O) groups excluding carboxylic acids is 1. The Morgan fingerprint density at radius 2 is 1.71 bits per heavy atom. The van der Waals surface area contributed by atoms with Crippen LogP contribution in [0.3, 0.4) is 0 Å². The lowest BCUT2D eigenvalue weighted by Crippen LogP contribution is -2.43. The summed E-state index contributed by atoms with van der Waals surface area (Å²) in [4.78, 5) is 15.9. The number of piperidine rings is 1. The van der Waals surface area contributed by atoms with Gasteiger partial charge in [0.2, 0.25) is 0 Å². The van der Waals surface area contributed by atoms with Gasteiger partial charge in [-0.1, -0.05) is 30.3 Å². The summed E-state index contributed by atoms with van der Waals surface area (Å²) in [7, 11) is 2.26. The van der Waals surface area contributed by atoms with Crippen molar-refractivity contribution < 1.29 is 9.53 Å². The molecule has 194 valence electrons. The molecular formula is C32H34N4O2. The first-order chi connectivity index (χ1) is 18.6. The number of hydrogen-bond donors (Lipinski definition) is 2. The van der Waals surface area contributed by atoms with Gasteiger partial charge in [-0.3, -0.25) is 9.89 Å². The number of nitrogens with zero attached hydrogens (tertiary/aromatic N) is 2. The molecule has 1 amide bonds. The minimum atomic E-state index is -0.0457. The zero-order valence-electron chi connectivity index (χ0n) is 21.8. The Hall–Kier alpha value is -3.64. The van der Waals surface area contributed by atoms with Crippen LogP contribution in [-0.4, -0.2) is 46.2 Å². The Labute approximate surface area is 223 Å². The minimum absolute atomic E-state index is 0.0457. The summed E-state index contributed by atoms with van der Waals surface area (Å²) >= 11 is 0. The topological polar surface area (TPSA) is 70.2 Å². The average molecular weight is 507 g/mol. The summed E-state index contributed by atoms with van der Waals surface area (Å²) in [5.41, 5.74) is 4.59. The smallest absolute Gasteiger partial charge is 0.251 e. The van der Waals surface area contributed by atoms with Crippen molar-refractivity contribution >= 4 is 16.8 Å². The second kappa shape index (κ2) is 9.59. The van der Waals surface area contributed by atoms with Crippen molar-refractivity contribution in [1.82, 2.24) is 20.4 Å². The van der Waals surface area contributed by atoms with Crippen LogP contribution in [0.25, 0.3) is 22.2 Å². The van der Waals surface area contributed by atoms with E-state index in [4.69, 9.17) is 4.74 Å². The number of carbonyl (C=O) groups is 1. The second-order valence-corrected chi connectivity index (χ2v) is 11.3. The molecule has 2 bridgehead atoms. The van der Waals surface area contributed by atoms with Crippen LogP contribution in [0.15, 0.2) is 72.8 Å². The van der Waals surface area contributed by atoms with Gasteiger partial charge in [0, 0.05) is 28.6 Å². The average Bonchev–Trinajstić information content (AvgIpc) is 3.67. The lowest BCUT2D eigenvalue weighted by atomic mass is 10.0. The molecule has 1 saturated carbocycles. The first-order valence-corrected chi connectivity index (χ1v) is 14.0. The number of amides is 1. The summed E-state index contributed by atoms with van der Waals surface area (Å²) in [6.07, 6.45) is 7.40. The number of fused-ring (bicyclic) bond motifs is 3. The van der Waals surface area contributed by atoms with Gasteiger partial charge in [0.25, 0.3) is 5.91 Å². The van der Waals surface area contributed by atoms with E-state index in [0.717, 1.165) is 53.6 Å². The van der Waals surface area contributed by atoms with Crippen LogP contribution in [0, 0.1) is 5.92 Å². The molecule has 4 aromatic rings. The molecule has 3 aliphatic rings. The molecule has 6 heteroatoms. The highest BCUT2D eigenvalue weighted by molar-refractivity contribution is 6.01. The predicted molar refractivity (Wildman–Crippen MR) is 149 cm³/mol. The molecule has 2 unspecified atom stereocenters. The standard InChI is InChI=1S/C32H34N4O2/c1-36-24-12-13-25(36)19-27(18-24)38-26-14-9-22(10-15-26)31-28-17-23(11-16-29(28)34-35-31)32(37)33-30(21-7-8-21)20-5-3-2-4-6-20/h2-6,9-11,14-17,21,24-25,27,30H,7-8,12-13,18-19H2,1H3,(H,33,37)(H,34,35)/t24?,25?,27?,30-/m1/s1. The maximum atomic E-state index is 13.3. The molecule has 2 saturated heterocycles. The highest BCUT2D eigenvalue weighted by atomic mass is 16.5. The maximum absolute atomic E-state index is 13.3. The Balaban J connectivity index is 1.08. The zero-order valence-corrected chi connectivity index (χ0v) is 21.8. The van der Waals surface area contributed by atoms with Crippen molar-refractivity contribution in [2.75, 3.05) is 7.05 Å². The fourth-order valence-corrected chi connectivity index (χ4v) is 6.50. The van der Waals surface area contributed by atoms with E-state index in [2.05, 4.69) is 51.7 Å². The van der Waals surface area contributed by atoms with Gasteiger partial charge in [-0.05, 0) is 99.5 Å². The lowest BCUT2D eigenvalue weighted by Gasteiger charge is -2.36. The maximum Gasteiger partial charge on any atom is 0.251 e. The second-order valence-electron chi connectivity index (χ2n) is 11.3. The molecular weight excluding hydrogens is 472 g/mol. The van der Waals surface area contributed by atoms with Gasteiger partial charge in [-0.2, -0.15) is 5.10 Å². The fourth-order valence-electron chi connectivity index (χ4n) is 6.50. The van der Waals surface area contributed by atoms with Gasteiger partial charge >= 0.3 is 0 Å². The Bertz CT molecular complexity index is 1430. The largest absolute Gasteiger partial charge is 0.490 e. The van der Waals surface area contributed by atoms with E-state index in [1.807, 2.05) is 48.5 Å². The number of ether oxygens (including phenoxy) is 1. The van der Waals surface area contributed by atoms with Crippen LogP contribution in [0.1, 0.15) is 60.5 Å². The van der Waals surface area contributed by atoms with Crippen molar-refractivity contribution in [2.45, 2.75) is 62.8 Å².